The number of benzene rings is 1. The minimum absolute atomic E-state index is 0.656. The third-order valence-electron chi connectivity index (χ3n) is 2.33. The highest BCUT2D eigenvalue weighted by Crippen LogP contribution is 2.13. The molecule has 0 heterocycles. The van der Waals surface area contributed by atoms with E-state index in [2.05, 4.69) is 45.0 Å². The molecule has 1 rings (SSSR count). The smallest absolute Gasteiger partial charge is 0.0140 e. The zero-order valence-electron chi connectivity index (χ0n) is 9.30. The summed E-state index contributed by atoms with van der Waals surface area (Å²) < 4.78 is 0. The summed E-state index contributed by atoms with van der Waals surface area (Å²) in [5.74, 6) is 0. The van der Waals surface area contributed by atoms with Crippen molar-refractivity contribution in [3.05, 3.63) is 40.5 Å². The van der Waals surface area contributed by atoms with Crippen LogP contribution in [0.1, 0.15) is 30.0 Å². The van der Waals surface area contributed by atoms with Crippen molar-refractivity contribution in [1.29, 1.82) is 0 Å². The third-order valence-corrected chi connectivity index (χ3v) is 2.33. The molecule has 0 spiro atoms. The van der Waals surface area contributed by atoms with Crippen LogP contribution in [-0.2, 0) is 0 Å². The van der Waals surface area contributed by atoms with Gasteiger partial charge in [0.2, 0.25) is 0 Å². The van der Waals surface area contributed by atoms with Crippen LogP contribution in [0.2, 0.25) is 0 Å². The Morgan fingerprint density at radius 2 is 1.79 bits per heavy atom. The van der Waals surface area contributed by atoms with Crippen LogP contribution in [0.4, 0.5) is 0 Å². The van der Waals surface area contributed by atoms with Crippen LogP contribution >= 0.6 is 0 Å². The molecule has 1 aromatic rings. The summed E-state index contributed by atoms with van der Waals surface area (Å²) in [5.41, 5.74) is 10.8. The standard InChI is InChI=1S/C13H19N/c1-4-12(9-14)8-13-6-10(2)5-11(3)7-13/h5-8H,4,9,14H2,1-3H3. The van der Waals surface area contributed by atoms with E-state index < -0.39 is 0 Å². The van der Waals surface area contributed by atoms with Crippen LogP contribution < -0.4 is 5.73 Å². The SMILES string of the molecule is CCC(=Cc1cc(C)cc(C)c1)CN. The molecule has 0 amide bonds. The van der Waals surface area contributed by atoms with Gasteiger partial charge in [-0.1, -0.05) is 47.9 Å². The van der Waals surface area contributed by atoms with Gasteiger partial charge in [0.1, 0.15) is 0 Å². The summed E-state index contributed by atoms with van der Waals surface area (Å²) in [6.07, 6.45) is 3.23. The number of hydrogen-bond donors (Lipinski definition) is 1. The lowest BCUT2D eigenvalue weighted by Crippen LogP contribution is -2.01. The molecule has 1 aromatic carbocycles. The summed E-state index contributed by atoms with van der Waals surface area (Å²) in [6.45, 7) is 7.04. The highest BCUT2D eigenvalue weighted by molar-refractivity contribution is 5.55. The first-order chi connectivity index (χ1) is 6.65. The van der Waals surface area contributed by atoms with Crippen molar-refractivity contribution in [3.8, 4) is 0 Å². The van der Waals surface area contributed by atoms with Gasteiger partial charge in [-0.05, 0) is 25.8 Å². The van der Waals surface area contributed by atoms with Gasteiger partial charge in [0.25, 0.3) is 0 Å². The van der Waals surface area contributed by atoms with Crippen molar-refractivity contribution in [2.75, 3.05) is 6.54 Å². The lowest BCUT2D eigenvalue weighted by atomic mass is 10.0. The monoisotopic (exact) mass is 189 g/mol. The summed E-state index contributed by atoms with van der Waals surface area (Å²) in [5, 5.41) is 0. The Bertz CT molecular complexity index is 311. The number of aryl methyl sites for hydroxylation is 2. The van der Waals surface area contributed by atoms with E-state index in [0.717, 1.165) is 6.42 Å². The first kappa shape index (κ1) is 11.0. The Balaban J connectivity index is 3.01. The van der Waals surface area contributed by atoms with Crippen LogP contribution in [0.25, 0.3) is 6.08 Å². The molecule has 0 aliphatic carbocycles. The molecule has 0 saturated carbocycles. The largest absolute Gasteiger partial charge is 0.327 e. The van der Waals surface area contributed by atoms with Gasteiger partial charge in [0.05, 0.1) is 0 Å². The fourth-order valence-electron chi connectivity index (χ4n) is 1.63. The van der Waals surface area contributed by atoms with Gasteiger partial charge in [-0.2, -0.15) is 0 Å². The van der Waals surface area contributed by atoms with Crippen molar-refractivity contribution in [2.24, 2.45) is 5.73 Å². The highest BCUT2D eigenvalue weighted by atomic mass is 14.5. The second kappa shape index (κ2) is 4.97. The van der Waals surface area contributed by atoms with E-state index in [9.17, 15) is 0 Å². The van der Waals surface area contributed by atoms with Gasteiger partial charge in [-0.15, -0.1) is 0 Å². The fourth-order valence-corrected chi connectivity index (χ4v) is 1.63. The number of rotatable bonds is 3. The summed E-state index contributed by atoms with van der Waals surface area (Å²) in [4.78, 5) is 0. The van der Waals surface area contributed by atoms with Crippen molar-refractivity contribution in [3.63, 3.8) is 0 Å². The van der Waals surface area contributed by atoms with Crippen molar-refractivity contribution < 1.29 is 0 Å². The predicted octanol–water partition coefficient (Wildman–Crippen LogP) is 3.06. The lowest BCUT2D eigenvalue weighted by Gasteiger charge is -2.03. The molecule has 0 bridgehead atoms. The average molecular weight is 189 g/mol. The van der Waals surface area contributed by atoms with Crippen molar-refractivity contribution >= 4 is 6.08 Å². The van der Waals surface area contributed by atoms with Gasteiger partial charge < -0.3 is 5.73 Å². The molecular weight excluding hydrogens is 170 g/mol. The lowest BCUT2D eigenvalue weighted by molar-refractivity contribution is 1.02. The van der Waals surface area contributed by atoms with E-state index in [4.69, 9.17) is 5.73 Å². The molecule has 76 valence electrons. The minimum atomic E-state index is 0.656. The molecule has 0 aliphatic rings. The topological polar surface area (TPSA) is 26.0 Å². The van der Waals surface area contributed by atoms with Gasteiger partial charge >= 0.3 is 0 Å². The van der Waals surface area contributed by atoms with Crippen LogP contribution in [-0.4, -0.2) is 6.54 Å². The second-order valence-corrected chi connectivity index (χ2v) is 3.78. The van der Waals surface area contributed by atoms with E-state index >= 15 is 0 Å². The Morgan fingerprint density at radius 1 is 1.21 bits per heavy atom. The van der Waals surface area contributed by atoms with E-state index in [1.165, 1.54) is 22.3 Å². The predicted molar refractivity (Wildman–Crippen MR) is 63.2 cm³/mol. The molecular formula is C13H19N. The second-order valence-electron chi connectivity index (χ2n) is 3.78. The van der Waals surface area contributed by atoms with Crippen LogP contribution in [0.5, 0.6) is 0 Å². The zero-order valence-corrected chi connectivity index (χ0v) is 9.30. The highest BCUT2D eigenvalue weighted by Gasteiger charge is 1.95. The molecule has 0 aliphatic heterocycles. The molecule has 14 heavy (non-hydrogen) atoms. The molecule has 0 atom stereocenters. The van der Waals surface area contributed by atoms with Crippen molar-refractivity contribution in [1.82, 2.24) is 0 Å². The number of hydrogen-bond acceptors (Lipinski definition) is 1. The van der Waals surface area contributed by atoms with E-state index in [0.29, 0.717) is 6.54 Å². The van der Waals surface area contributed by atoms with Gasteiger partial charge in [-0.3, -0.25) is 0 Å². The Kier molecular flexibility index (Phi) is 3.90. The molecule has 0 fully saturated rings. The van der Waals surface area contributed by atoms with Gasteiger partial charge in [-0.25, -0.2) is 0 Å². The molecule has 0 radical (unpaired) electrons. The van der Waals surface area contributed by atoms with E-state index in [1.807, 2.05) is 0 Å². The first-order valence-electron chi connectivity index (χ1n) is 5.13. The summed E-state index contributed by atoms with van der Waals surface area (Å²) in [7, 11) is 0. The average Bonchev–Trinajstić information content (AvgIpc) is 2.12. The Labute approximate surface area is 86.6 Å². The summed E-state index contributed by atoms with van der Waals surface area (Å²) in [6, 6.07) is 6.57. The normalized spacial score (nSPS) is 11.9. The maximum absolute atomic E-state index is 5.64. The molecule has 2 N–H and O–H groups in total. The molecule has 0 unspecified atom stereocenters. The fraction of sp³-hybridized carbons (Fsp3) is 0.385. The van der Waals surface area contributed by atoms with Crippen LogP contribution in [0.3, 0.4) is 0 Å². The minimum Gasteiger partial charge on any atom is -0.327 e. The Hall–Kier alpha value is -1.08. The maximum Gasteiger partial charge on any atom is 0.0140 e. The van der Waals surface area contributed by atoms with Crippen LogP contribution in [0.15, 0.2) is 23.8 Å². The zero-order chi connectivity index (χ0) is 10.6. The number of nitrogens with two attached hydrogens (primary N) is 1. The van der Waals surface area contributed by atoms with E-state index in [1.54, 1.807) is 0 Å². The molecule has 1 heteroatoms. The van der Waals surface area contributed by atoms with E-state index in [-0.39, 0.29) is 0 Å². The molecule has 0 saturated heterocycles. The van der Waals surface area contributed by atoms with Gasteiger partial charge in [0.15, 0.2) is 0 Å². The first-order valence-corrected chi connectivity index (χ1v) is 5.13. The van der Waals surface area contributed by atoms with Crippen LogP contribution in [0, 0.1) is 13.8 Å². The molecule has 1 nitrogen and oxygen atoms in total. The summed E-state index contributed by atoms with van der Waals surface area (Å²) >= 11 is 0. The quantitative estimate of drug-likeness (QED) is 0.777. The third kappa shape index (κ3) is 3.00. The van der Waals surface area contributed by atoms with Crippen molar-refractivity contribution in [2.45, 2.75) is 27.2 Å². The maximum atomic E-state index is 5.64. The molecule has 0 aromatic heterocycles. The van der Waals surface area contributed by atoms with Gasteiger partial charge in [0, 0.05) is 6.54 Å². The Morgan fingerprint density at radius 3 is 2.21 bits per heavy atom.